The fourth-order valence-electron chi connectivity index (χ4n) is 3.36. The Bertz CT molecular complexity index is 986. The number of hydrogen-bond acceptors (Lipinski definition) is 2. The van der Waals surface area contributed by atoms with E-state index >= 15 is 0 Å². The summed E-state index contributed by atoms with van der Waals surface area (Å²) in [7, 11) is 0. The van der Waals surface area contributed by atoms with Crippen molar-refractivity contribution < 1.29 is 18.0 Å². The number of amides is 1. The number of nitrogens with zero attached hydrogens (tertiary/aromatic N) is 1. The first-order chi connectivity index (χ1) is 13.1. The van der Waals surface area contributed by atoms with E-state index < -0.39 is 24.0 Å². The van der Waals surface area contributed by atoms with E-state index in [0.717, 1.165) is 22.0 Å². The second kappa shape index (κ2) is 7.62. The molecule has 28 heavy (non-hydrogen) atoms. The molecule has 0 aliphatic carbocycles. The first kappa shape index (κ1) is 19.9. The minimum Gasteiger partial charge on any atom is -0.346 e. The van der Waals surface area contributed by atoms with Crippen molar-refractivity contribution in [3.05, 3.63) is 77.5 Å². The Labute approximate surface area is 161 Å². The van der Waals surface area contributed by atoms with Crippen LogP contribution in [0.15, 0.2) is 60.8 Å². The van der Waals surface area contributed by atoms with Crippen LogP contribution < -0.4 is 5.32 Å². The van der Waals surface area contributed by atoms with Crippen LogP contribution >= 0.6 is 0 Å². The van der Waals surface area contributed by atoms with Crippen molar-refractivity contribution in [3.8, 4) is 0 Å². The molecule has 0 saturated heterocycles. The summed E-state index contributed by atoms with van der Waals surface area (Å²) in [5, 5.41) is 3.37. The number of pyridine rings is 1. The molecule has 0 bridgehead atoms. The maximum Gasteiger partial charge on any atom is 0.391 e. The molecule has 1 heterocycles. The summed E-state index contributed by atoms with van der Waals surface area (Å²) < 4.78 is 39.6. The van der Waals surface area contributed by atoms with Gasteiger partial charge in [0.15, 0.2) is 0 Å². The molecule has 3 nitrogen and oxygen atoms in total. The molecule has 0 fully saturated rings. The fourth-order valence-corrected chi connectivity index (χ4v) is 3.36. The number of aromatic nitrogens is 1. The monoisotopic (exact) mass is 386 g/mol. The van der Waals surface area contributed by atoms with E-state index in [2.05, 4.69) is 10.3 Å². The summed E-state index contributed by atoms with van der Waals surface area (Å²) in [6.45, 7) is 3.34. The van der Waals surface area contributed by atoms with E-state index in [4.69, 9.17) is 0 Å². The van der Waals surface area contributed by atoms with Crippen LogP contribution in [0.3, 0.4) is 0 Å². The number of carbonyl (C=O) groups excluding carboxylic acids is 1. The third-order valence-corrected chi connectivity index (χ3v) is 4.54. The fraction of sp³-hybridized carbons (Fsp3) is 0.273. The van der Waals surface area contributed by atoms with Crippen LogP contribution in [0.2, 0.25) is 0 Å². The van der Waals surface area contributed by atoms with Crippen molar-refractivity contribution in [2.75, 3.05) is 0 Å². The molecule has 1 amide bonds. The topological polar surface area (TPSA) is 42.0 Å². The Balaban J connectivity index is 1.88. The molecule has 0 saturated carbocycles. The van der Waals surface area contributed by atoms with Gasteiger partial charge >= 0.3 is 6.18 Å². The van der Waals surface area contributed by atoms with Crippen LogP contribution in [0.5, 0.6) is 0 Å². The third kappa shape index (κ3) is 5.09. The maximum atomic E-state index is 13.2. The highest BCUT2D eigenvalue weighted by atomic mass is 19.4. The van der Waals surface area contributed by atoms with Crippen LogP contribution in [-0.4, -0.2) is 22.6 Å². The quantitative estimate of drug-likeness (QED) is 0.653. The molecule has 0 aliphatic heterocycles. The largest absolute Gasteiger partial charge is 0.391 e. The van der Waals surface area contributed by atoms with Gasteiger partial charge in [-0.05, 0) is 44.0 Å². The molecule has 3 rings (SSSR count). The van der Waals surface area contributed by atoms with Gasteiger partial charge in [-0.25, -0.2) is 0 Å². The molecule has 6 heteroatoms. The Morgan fingerprint density at radius 1 is 1.07 bits per heavy atom. The van der Waals surface area contributed by atoms with Crippen molar-refractivity contribution in [1.29, 1.82) is 0 Å². The van der Waals surface area contributed by atoms with Crippen molar-refractivity contribution in [2.24, 2.45) is 0 Å². The third-order valence-electron chi connectivity index (χ3n) is 4.54. The van der Waals surface area contributed by atoms with E-state index in [1.165, 1.54) is 13.1 Å². The highest BCUT2D eigenvalue weighted by Gasteiger charge is 2.40. The number of alkyl halides is 3. The van der Waals surface area contributed by atoms with Crippen LogP contribution in [-0.2, 0) is 6.42 Å². The van der Waals surface area contributed by atoms with E-state index in [-0.39, 0.29) is 12.0 Å². The SMILES string of the molecule is Cc1ccc2ncc(C(=O)NC(C)(Cc3ccccc3)CC(F)(F)F)cc2c1. The van der Waals surface area contributed by atoms with E-state index in [9.17, 15) is 18.0 Å². The summed E-state index contributed by atoms with van der Waals surface area (Å²) in [6, 6.07) is 16.1. The number of aryl methyl sites for hydroxylation is 1. The van der Waals surface area contributed by atoms with Crippen molar-refractivity contribution >= 4 is 16.8 Å². The standard InChI is InChI=1S/C22H21F3N2O/c1-15-8-9-19-17(10-15)11-18(13-26-19)20(28)27-21(2,14-22(23,24)25)12-16-6-4-3-5-7-16/h3-11,13H,12,14H2,1-2H3,(H,27,28). The molecule has 0 radical (unpaired) electrons. The average Bonchev–Trinajstić information content (AvgIpc) is 2.59. The van der Waals surface area contributed by atoms with Gasteiger partial charge in [-0.2, -0.15) is 13.2 Å². The second-order valence-corrected chi connectivity index (χ2v) is 7.39. The lowest BCUT2D eigenvalue weighted by Crippen LogP contribution is -2.50. The summed E-state index contributed by atoms with van der Waals surface area (Å²) in [5.74, 6) is -0.571. The maximum absolute atomic E-state index is 13.2. The highest BCUT2D eigenvalue weighted by Crippen LogP contribution is 2.30. The zero-order valence-electron chi connectivity index (χ0n) is 15.7. The number of carbonyl (C=O) groups is 1. The smallest absolute Gasteiger partial charge is 0.346 e. The molecular weight excluding hydrogens is 365 g/mol. The molecule has 146 valence electrons. The first-order valence-electron chi connectivity index (χ1n) is 8.93. The van der Waals surface area contributed by atoms with Crippen molar-refractivity contribution in [2.45, 2.75) is 38.4 Å². The first-order valence-corrected chi connectivity index (χ1v) is 8.93. The molecule has 2 aromatic carbocycles. The number of benzene rings is 2. The molecular formula is C22H21F3N2O. The van der Waals surface area contributed by atoms with Gasteiger partial charge in [-0.3, -0.25) is 9.78 Å². The Morgan fingerprint density at radius 3 is 2.46 bits per heavy atom. The molecule has 1 N–H and O–H groups in total. The van der Waals surface area contributed by atoms with E-state index in [1.54, 1.807) is 36.4 Å². The molecule has 1 atom stereocenters. The van der Waals surface area contributed by atoms with Gasteiger partial charge in [0.05, 0.1) is 23.0 Å². The van der Waals surface area contributed by atoms with Crippen LogP contribution in [0.4, 0.5) is 13.2 Å². The van der Waals surface area contributed by atoms with Crippen molar-refractivity contribution in [3.63, 3.8) is 0 Å². The van der Waals surface area contributed by atoms with Gasteiger partial charge in [-0.15, -0.1) is 0 Å². The lowest BCUT2D eigenvalue weighted by atomic mass is 9.88. The summed E-state index contributed by atoms with van der Waals surface area (Å²) in [4.78, 5) is 17.0. The van der Waals surface area contributed by atoms with E-state index in [0.29, 0.717) is 0 Å². The Hall–Kier alpha value is -2.89. The molecule has 1 aromatic heterocycles. The zero-order chi connectivity index (χ0) is 20.4. The summed E-state index contributed by atoms with van der Waals surface area (Å²) >= 11 is 0. The van der Waals surface area contributed by atoms with Crippen LogP contribution in [0, 0.1) is 6.92 Å². The molecule has 3 aromatic rings. The van der Waals surface area contributed by atoms with Crippen LogP contribution in [0.25, 0.3) is 10.9 Å². The Morgan fingerprint density at radius 2 is 1.79 bits per heavy atom. The van der Waals surface area contributed by atoms with Gasteiger partial charge in [0.1, 0.15) is 0 Å². The number of fused-ring (bicyclic) bond motifs is 1. The molecule has 0 spiro atoms. The van der Waals surface area contributed by atoms with Gasteiger partial charge in [-0.1, -0.05) is 42.0 Å². The van der Waals surface area contributed by atoms with Gasteiger partial charge < -0.3 is 5.32 Å². The number of nitrogens with one attached hydrogen (secondary N) is 1. The normalized spacial score (nSPS) is 13.9. The van der Waals surface area contributed by atoms with Crippen molar-refractivity contribution in [1.82, 2.24) is 10.3 Å². The minimum absolute atomic E-state index is 0.0687. The number of rotatable bonds is 5. The lowest BCUT2D eigenvalue weighted by Gasteiger charge is -2.32. The minimum atomic E-state index is -4.41. The average molecular weight is 386 g/mol. The number of halogens is 3. The van der Waals surface area contributed by atoms with Gasteiger partial charge in [0, 0.05) is 11.6 Å². The number of hydrogen-bond donors (Lipinski definition) is 1. The lowest BCUT2D eigenvalue weighted by molar-refractivity contribution is -0.147. The predicted molar refractivity (Wildman–Crippen MR) is 103 cm³/mol. The molecule has 1 unspecified atom stereocenters. The second-order valence-electron chi connectivity index (χ2n) is 7.39. The Kier molecular flexibility index (Phi) is 5.40. The summed E-state index contributed by atoms with van der Waals surface area (Å²) in [5.41, 5.74) is 1.22. The summed E-state index contributed by atoms with van der Waals surface area (Å²) in [6.07, 6.45) is -4.07. The van der Waals surface area contributed by atoms with E-state index in [1.807, 2.05) is 25.1 Å². The van der Waals surface area contributed by atoms with Crippen LogP contribution in [0.1, 0.15) is 34.8 Å². The molecule has 0 aliphatic rings. The predicted octanol–water partition coefficient (Wildman–Crippen LogP) is 5.23. The van der Waals surface area contributed by atoms with Gasteiger partial charge in [0.2, 0.25) is 0 Å². The zero-order valence-corrected chi connectivity index (χ0v) is 15.7. The van der Waals surface area contributed by atoms with Gasteiger partial charge in [0.25, 0.3) is 5.91 Å². The highest BCUT2D eigenvalue weighted by molar-refractivity contribution is 5.97.